The molecule has 3 fully saturated rings. The summed E-state index contributed by atoms with van der Waals surface area (Å²) >= 11 is 0. The first-order valence-electron chi connectivity index (χ1n) is 14.3. The third kappa shape index (κ3) is 4.06. The number of allylic oxidation sites excluding steroid dienone is 1. The van der Waals surface area contributed by atoms with Gasteiger partial charge in [0.2, 0.25) is 0 Å². The van der Waals surface area contributed by atoms with Crippen LogP contribution in [0.5, 0.6) is 0 Å². The summed E-state index contributed by atoms with van der Waals surface area (Å²) < 4.78 is 22.2. The topological polar surface area (TPSA) is 129 Å². The molecule has 1 unspecified atom stereocenters. The number of methoxy groups -OCH3 is 1. The van der Waals surface area contributed by atoms with Gasteiger partial charge in [-0.05, 0) is 50.7 Å². The lowest BCUT2D eigenvalue weighted by Gasteiger charge is -2.67. The molecule has 0 amide bonds. The predicted molar refractivity (Wildman–Crippen MR) is 146 cm³/mol. The van der Waals surface area contributed by atoms with Crippen molar-refractivity contribution in [1.82, 2.24) is 0 Å². The molecule has 5 rings (SSSR count). The Labute approximate surface area is 240 Å². The molecule has 0 spiro atoms. The highest BCUT2D eigenvalue weighted by atomic mass is 16.6. The Morgan fingerprint density at radius 3 is 2.51 bits per heavy atom. The average Bonchev–Trinajstić information content (AvgIpc) is 3.46. The lowest BCUT2D eigenvalue weighted by Crippen LogP contribution is -2.73. The minimum absolute atomic E-state index is 0.0138. The van der Waals surface area contributed by atoms with E-state index in [4.69, 9.17) is 18.6 Å². The zero-order chi connectivity index (χ0) is 30.1. The number of cyclic esters (lactones) is 1. The molecule has 3 saturated carbocycles. The maximum atomic E-state index is 14.5. The summed E-state index contributed by atoms with van der Waals surface area (Å²) in [5.41, 5.74) is -2.75. The first-order valence-corrected chi connectivity index (χ1v) is 14.3. The molecular formula is C32H40O9. The first kappa shape index (κ1) is 29.3. The van der Waals surface area contributed by atoms with E-state index in [0.29, 0.717) is 29.6 Å². The number of aliphatic hydroxyl groups is 1. The number of Topliss-reactive ketones (excluding diaryl/α,β-unsaturated/α-hetero) is 1. The normalized spacial score (nSPS) is 39.6. The molecule has 0 radical (unpaired) electrons. The van der Waals surface area contributed by atoms with E-state index in [1.165, 1.54) is 25.7 Å². The van der Waals surface area contributed by atoms with Gasteiger partial charge in [0.15, 0.2) is 0 Å². The smallest absolute Gasteiger partial charge is 0.333 e. The van der Waals surface area contributed by atoms with E-state index >= 15 is 0 Å². The molecule has 0 aromatic carbocycles. The number of ether oxygens (including phenoxy) is 3. The standard InChI is InChI=1S/C32H40O9/c1-8-17(2)28(36)41-27-19-15-32(37)20(31(6,25(19)35)21(29(27,3)4)13-23(33)38-7)9-11-30(5)22(32)14-24(34)40-26(30)18-10-12-39-16-18/h8,10,12,14,16,19-21,26-27,37H,9,11,13,15H2,1-7H3/t19-,20?,21+,26+,27-,30-,31-,32-/m0/s1. The third-order valence-electron chi connectivity index (χ3n) is 11.0. The Kier molecular flexibility index (Phi) is 6.92. The van der Waals surface area contributed by atoms with Gasteiger partial charge in [0.1, 0.15) is 18.0 Å². The fraction of sp³-hybridized carbons (Fsp3) is 0.625. The van der Waals surface area contributed by atoms with Crippen LogP contribution in [0.1, 0.15) is 78.9 Å². The highest BCUT2D eigenvalue weighted by molar-refractivity contribution is 5.93. The second kappa shape index (κ2) is 9.68. The number of carbonyl (C=O) groups is 4. The van der Waals surface area contributed by atoms with E-state index in [1.807, 2.05) is 27.7 Å². The number of rotatable bonds is 5. The summed E-state index contributed by atoms with van der Waals surface area (Å²) in [7, 11) is 1.30. The summed E-state index contributed by atoms with van der Waals surface area (Å²) in [5, 5.41) is 12.8. The molecule has 2 bridgehead atoms. The van der Waals surface area contributed by atoms with Crippen LogP contribution in [0.15, 0.2) is 46.3 Å². The third-order valence-corrected chi connectivity index (χ3v) is 11.0. The zero-order valence-electron chi connectivity index (χ0n) is 24.8. The minimum atomic E-state index is -1.59. The lowest BCUT2D eigenvalue weighted by atomic mass is 9.37. The fourth-order valence-corrected chi connectivity index (χ4v) is 8.80. The molecule has 0 saturated heterocycles. The van der Waals surface area contributed by atoms with Crippen LogP contribution in [0, 0.1) is 34.0 Å². The lowest BCUT2D eigenvalue weighted by molar-refractivity contribution is -0.234. The number of esters is 3. The Balaban J connectivity index is 1.68. The molecule has 1 aliphatic heterocycles. The van der Waals surface area contributed by atoms with Gasteiger partial charge in [0.05, 0.1) is 31.2 Å². The molecule has 1 aromatic heterocycles. The highest BCUT2D eigenvalue weighted by Gasteiger charge is 2.74. The zero-order valence-corrected chi connectivity index (χ0v) is 24.8. The van der Waals surface area contributed by atoms with E-state index in [9.17, 15) is 24.3 Å². The minimum Gasteiger partial charge on any atom is -0.472 e. The summed E-state index contributed by atoms with van der Waals surface area (Å²) in [6, 6.07) is 1.75. The van der Waals surface area contributed by atoms with Crippen molar-refractivity contribution in [2.24, 2.45) is 34.0 Å². The van der Waals surface area contributed by atoms with Gasteiger partial charge < -0.3 is 23.7 Å². The van der Waals surface area contributed by atoms with Crippen LogP contribution >= 0.6 is 0 Å². The van der Waals surface area contributed by atoms with Crippen molar-refractivity contribution in [1.29, 1.82) is 0 Å². The molecule has 2 heterocycles. The Bertz CT molecular complexity index is 1340. The molecular weight excluding hydrogens is 528 g/mol. The van der Waals surface area contributed by atoms with Crippen molar-refractivity contribution in [3.05, 3.63) is 47.5 Å². The van der Waals surface area contributed by atoms with Gasteiger partial charge in [0, 0.05) is 45.8 Å². The van der Waals surface area contributed by atoms with Gasteiger partial charge in [-0.15, -0.1) is 0 Å². The molecule has 8 atom stereocenters. The van der Waals surface area contributed by atoms with Gasteiger partial charge in [-0.2, -0.15) is 0 Å². The van der Waals surface area contributed by atoms with Crippen LogP contribution in [-0.4, -0.2) is 47.6 Å². The van der Waals surface area contributed by atoms with Crippen molar-refractivity contribution >= 4 is 23.7 Å². The number of hydrogen-bond acceptors (Lipinski definition) is 9. The van der Waals surface area contributed by atoms with Gasteiger partial charge in [-0.25, -0.2) is 9.59 Å². The summed E-state index contributed by atoms with van der Waals surface area (Å²) in [6.07, 6.45) is 5.37. The van der Waals surface area contributed by atoms with E-state index < -0.39 is 69.7 Å². The van der Waals surface area contributed by atoms with Gasteiger partial charge in [-0.3, -0.25) is 9.59 Å². The van der Waals surface area contributed by atoms with Crippen molar-refractivity contribution < 1.29 is 42.9 Å². The van der Waals surface area contributed by atoms with E-state index in [-0.39, 0.29) is 18.6 Å². The largest absolute Gasteiger partial charge is 0.472 e. The SMILES string of the molecule is CC=C(C)C(=O)O[C@H]1[C@H]2C[C@@]3(O)C4=CC(=O)O[C@H](c5ccoc5)[C@@]4(C)CCC3[C@](C)(C2=O)[C@H](CC(=O)OC)C1(C)C. The van der Waals surface area contributed by atoms with Gasteiger partial charge >= 0.3 is 17.9 Å². The van der Waals surface area contributed by atoms with E-state index in [1.54, 1.807) is 26.0 Å². The van der Waals surface area contributed by atoms with Crippen molar-refractivity contribution in [2.75, 3.05) is 7.11 Å². The summed E-state index contributed by atoms with van der Waals surface area (Å²) in [5.74, 6) is -3.81. The van der Waals surface area contributed by atoms with Crippen LogP contribution < -0.4 is 0 Å². The second-order valence-electron chi connectivity index (χ2n) is 13.3. The number of fused-ring (bicyclic) bond motifs is 6. The highest BCUT2D eigenvalue weighted by Crippen LogP contribution is 2.70. The number of furan rings is 1. The van der Waals surface area contributed by atoms with Crippen LogP contribution in [0.4, 0.5) is 0 Å². The summed E-state index contributed by atoms with van der Waals surface area (Å²) in [4.78, 5) is 53.4. The molecule has 222 valence electrons. The second-order valence-corrected chi connectivity index (χ2v) is 13.3. The molecule has 41 heavy (non-hydrogen) atoms. The van der Waals surface area contributed by atoms with Gasteiger partial charge in [-0.1, -0.05) is 33.8 Å². The molecule has 1 aromatic rings. The maximum absolute atomic E-state index is 14.5. The molecule has 4 aliphatic rings. The van der Waals surface area contributed by atoms with Crippen molar-refractivity contribution in [3.8, 4) is 0 Å². The van der Waals surface area contributed by atoms with Crippen LogP contribution in [0.3, 0.4) is 0 Å². The Morgan fingerprint density at radius 2 is 1.90 bits per heavy atom. The molecule has 3 aliphatic carbocycles. The quantitative estimate of drug-likeness (QED) is 0.307. The monoisotopic (exact) mass is 568 g/mol. The molecule has 9 heteroatoms. The average molecular weight is 569 g/mol. The van der Waals surface area contributed by atoms with Crippen LogP contribution in [0.25, 0.3) is 0 Å². The Morgan fingerprint density at radius 1 is 1.20 bits per heavy atom. The number of ketones is 1. The number of carbonyl (C=O) groups excluding carboxylic acids is 4. The molecule has 1 N–H and O–H groups in total. The van der Waals surface area contributed by atoms with Crippen molar-refractivity contribution in [3.63, 3.8) is 0 Å². The molecule has 9 nitrogen and oxygen atoms in total. The van der Waals surface area contributed by atoms with Crippen LogP contribution in [-0.2, 0) is 33.4 Å². The first-order chi connectivity index (χ1) is 19.2. The summed E-state index contributed by atoms with van der Waals surface area (Å²) in [6.45, 7) is 11.0. The van der Waals surface area contributed by atoms with E-state index in [2.05, 4.69) is 0 Å². The number of hydrogen-bond donors (Lipinski definition) is 1. The van der Waals surface area contributed by atoms with Crippen LogP contribution in [0.2, 0.25) is 0 Å². The fourth-order valence-electron chi connectivity index (χ4n) is 8.80. The van der Waals surface area contributed by atoms with Gasteiger partial charge in [0.25, 0.3) is 0 Å². The predicted octanol–water partition coefficient (Wildman–Crippen LogP) is 4.64. The Hall–Kier alpha value is -3.20. The van der Waals surface area contributed by atoms with E-state index in [0.717, 1.165) is 0 Å². The van der Waals surface area contributed by atoms with Crippen molar-refractivity contribution in [2.45, 2.75) is 85.0 Å². The maximum Gasteiger partial charge on any atom is 0.333 e.